The fourth-order valence-corrected chi connectivity index (χ4v) is 3.25. The maximum absolute atomic E-state index is 12.0. The van der Waals surface area contributed by atoms with Crippen molar-refractivity contribution in [2.45, 2.75) is 70.1 Å². The van der Waals surface area contributed by atoms with E-state index in [0.717, 1.165) is 18.4 Å². The minimum atomic E-state index is -3.41. The summed E-state index contributed by atoms with van der Waals surface area (Å²) in [5.41, 5.74) is 1.05. The number of aryl methyl sites for hydroxylation is 1. The van der Waals surface area contributed by atoms with Crippen LogP contribution in [0.3, 0.4) is 0 Å². The highest BCUT2D eigenvalue weighted by atomic mass is 32.2. The molecule has 0 bridgehead atoms. The van der Waals surface area contributed by atoms with Crippen LogP contribution >= 0.6 is 0 Å². The van der Waals surface area contributed by atoms with E-state index in [9.17, 15) is 8.42 Å². The van der Waals surface area contributed by atoms with E-state index in [-0.39, 0.29) is 0 Å². The molecule has 0 heterocycles. The fraction of sp³-hybridized carbons (Fsp3) is 0.579. The molecule has 0 aliphatic carbocycles. The Labute approximate surface area is 141 Å². The van der Waals surface area contributed by atoms with Crippen LogP contribution < -0.4 is 4.72 Å². The maximum atomic E-state index is 12.0. The molecule has 0 atom stereocenters. The van der Waals surface area contributed by atoms with Gasteiger partial charge in [-0.05, 0) is 25.5 Å². The number of benzene rings is 1. The summed E-state index contributed by atoms with van der Waals surface area (Å²) in [5, 5.41) is 0. The van der Waals surface area contributed by atoms with Crippen molar-refractivity contribution in [1.29, 1.82) is 0 Å². The van der Waals surface area contributed by atoms with Gasteiger partial charge in [0.05, 0.1) is 4.90 Å². The molecule has 1 rings (SSSR count). The van der Waals surface area contributed by atoms with Crippen LogP contribution in [0.2, 0.25) is 0 Å². The summed E-state index contributed by atoms with van der Waals surface area (Å²) < 4.78 is 26.7. The number of unbranched alkanes of at least 4 members (excludes halogenated alkanes) is 6. The molecular weight excluding hydrogens is 306 g/mol. The minimum absolute atomic E-state index is 0.308. The first-order valence-corrected chi connectivity index (χ1v) is 10.1. The second-order valence-corrected chi connectivity index (χ2v) is 7.60. The first-order chi connectivity index (χ1) is 11.1. The molecule has 4 heteroatoms. The average Bonchev–Trinajstić information content (AvgIpc) is 2.53. The van der Waals surface area contributed by atoms with Crippen LogP contribution in [0.1, 0.15) is 63.9 Å². The van der Waals surface area contributed by atoms with E-state index in [1.807, 2.05) is 6.92 Å². The molecule has 0 saturated heterocycles. The lowest BCUT2D eigenvalue weighted by molar-refractivity contribution is 0.582. The Hall–Kier alpha value is -1.31. The predicted octanol–water partition coefficient (Wildman–Crippen LogP) is 4.42. The Morgan fingerprint density at radius 3 is 2.22 bits per heavy atom. The molecule has 0 amide bonds. The lowest BCUT2D eigenvalue weighted by Gasteiger charge is -2.05. The van der Waals surface area contributed by atoms with Crippen LogP contribution in [0.5, 0.6) is 0 Å². The minimum Gasteiger partial charge on any atom is -0.210 e. The summed E-state index contributed by atoms with van der Waals surface area (Å²) in [6.45, 7) is 4.52. The van der Waals surface area contributed by atoms with E-state index in [2.05, 4.69) is 23.5 Å². The summed E-state index contributed by atoms with van der Waals surface area (Å²) >= 11 is 0. The van der Waals surface area contributed by atoms with Gasteiger partial charge in [-0.2, -0.15) is 0 Å². The Morgan fingerprint density at radius 1 is 0.913 bits per heavy atom. The number of sulfonamides is 1. The van der Waals surface area contributed by atoms with E-state index in [1.54, 1.807) is 24.3 Å². The van der Waals surface area contributed by atoms with Gasteiger partial charge in [0, 0.05) is 19.4 Å². The number of hydrogen-bond acceptors (Lipinski definition) is 2. The van der Waals surface area contributed by atoms with Crippen molar-refractivity contribution >= 4 is 10.0 Å². The van der Waals surface area contributed by atoms with Gasteiger partial charge < -0.3 is 0 Å². The second-order valence-electron chi connectivity index (χ2n) is 5.83. The van der Waals surface area contributed by atoms with Crippen LogP contribution in [-0.2, 0) is 10.0 Å². The Morgan fingerprint density at radius 2 is 1.52 bits per heavy atom. The van der Waals surface area contributed by atoms with Crippen LogP contribution in [0.25, 0.3) is 0 Å². The van der Waals surface area contributed by atoms with E-state index < -0.39 is 10.0 Å². The smallest absolute Gasteiger partial charge is 0.210 e. The molecule has 0 aliphatic rings. The molecule has 1 aromatic carbocycles. The molecule has 0 unspecified atom stereocenters. The van der Waals surface area contributed by atoms with Crippen molar-refractivity contribution in [2.75, 3.05) is 6.54 Å². The Balaban J connectivity index is 2.17. The van der Waals surface area contributed by atoms with E-state index in [1.165, 1.54) is 32.1 Å². The molecule has 23 heavy (non-hydrogen) atoms. The van der Waals surface area contributed by atoms with E-state index in [0.29, 0.717) is 17.9 Å². The third-order valence-electron chi connectivity index (χ3n) is 3.65. The van der Waals surface area contributed by atoms with Crippen molar-refractivity contribution in [3.8, 4) is 11.8 Å². The lowest BCUT2D eigenvalue weighted by Crippen LogP contribution is -2.24. The second kappa shape index (κ2) is 11.3. The van der Waals surface area contributed by atoms with Crippen molar-refractivity contribution in [1.82, 2.24) is 4.72 Å². The monoisotopic (exact) mass is 335 g/mol. The SMILES string of the molecule is CCCCCCCCC#CCCNS(=O)(=O)c1ccc(C)cc1. The van der Waals surface area contributed by atoms with Crippen LogP contribution in [0.15, 0.2) is 29.2 Å². The lowest BCUT2D eigenvalue weighted by atomic mass is 10.1. The van der Waals surface area contributed by atoms with Crippen LogP contribution in [-0.4, -0.2) is 15.0 Å². The molecule has 0 spiro atoms. The standard InChI is InChI=1S/C19H29NO2S/c1-3-4-5-6-7-8-9-10-11-12-17-20-23(21,22)19-15-13-18(2)14-16-19/h13-16,20H,3-9,12,17H2,1-2H3. The van der Waals surface area contributed by atoms with Gasteiger partial charge in [0.25, 0.3) is 0 Å². The van der Waals surface area contributed by atoms with Gasteiger partial charge in [-0.3, -0.25) is 0 Å². The van der Waals surface area contributed by atoms with Gasteiger partial charge in [-0.1, -0.05) is 56.7 Å². The molecule has 0 aromatic heterocycles. The normalized spacial score (nSPS) is 11.0. The zero-order valence-electron chi connectivity index (χ0n) is 14.4. The summed E-state index contributed by atoms with van der Waals surface area (Å²) in [6, 6.07) is 6.85. The van der Waals surface area contributed by atoms with Gasteiger partial charge in [0.2, 0.25) is 10.0 Å². The van der Waals surface area contributed by atoms with Crippen LogP contribution in [0, 0.1) is 18.8 Å². The molecular formula is C19H29NO2S. The third-order valence-corrected chi connectivity index (χ3v) is 5.13. The van der Waals surface area contributed by atoms with Gasteiger partial charge in [-0.15, -0.1) is 11.8 Å². The molecule has 0 radical (unpaired) electrons. The van der Waals surface area contributed by atoms with Gasteiger partial charge >= 0.3 is 0 Å². The highest BCUT2D eigenvalue weighted by molar-refractivity contribution is 7.89. The molecule has 0 fully saturated rings. The van der Waals surface area contributed by atoms with Gasteiger partial charge in [-0.25, -0.2) is 13.1 Å². The van der Waals surface area contributed by atoms with Crippen molar-refractivity contribution < 1.29 is 8.42 Å². The zero-order chi connectivity index (χ0) is 17.0. The summed E-state index contributed by atoms with van der Waals surface area (Å²) in [4.78, 5) is 0.308. The Kier molecular flexibility index (Phi) is 9.66. The van der Waals surface area contributed by atoms with Crippen molar-refractivity contribution in [2.24, 2.45) is 0 Å². The topological polar surface area (TPSA) is 46.2 Å². The largest absolute Gasteiger partial charge is 0.240 e. The number of hydrogen-bond donors (Lipinski definition) is 1. The van der Waals surface area contributed by atoms with Gasteiger partial charge in [0.1, 0.15) is 0 Å². The molecule has 1 aromatic rings. The molecule has 0 saturated carbocycles. The van der Waals surface area contributed by atoms with Crippen molar-refractivity contribution in [3.63, 3.8) is 0 Å². The van der Waals surface area contributed by atoms with Crippen LogP contribution in [0.4, 0.5) is 0 Å². The van der Waals surface area contributed by atoms with E-state index in [4.69, 9.17) is 0 Å². The summed E-state index contributed by atoms with van der Waals surface area (Å²) in [5.74, 6) is 6.17. The molecule has 0 aliphatic heterocycles. The summed E-state index contributed by atoms with van der Waals surface area (Å²) in [6.07, 6.45) is 9.08. The zero-order valence-corrected chi connectivity index (χ0v) is 15.2. The molecule has 128 valence electrons. The quantitative estimate of drug-likeness (QED) is 0.508. The highest BCUT2D eigenvalue weighted by Crippen LogP contribution is 2.09. The van der Waals surface area contributed by atoms with Crippen molar-refractivity contribution in [3.05, 3.63) is 29.8 Å². The maximum Gasteiger partial charge on any atom is 0.240 e. The average molecular weight is 336 g/mol. The predicted molar refractivity (Wildman–Crippen MR) is 96.8 cm³/mol. The third kappa shape index (κ3) is 8.78. The number of rotatable bonds is 10. The fourth-order valence-electron chi connectivity index (χ4n) is 2.22. The van der Waals surface area contributed by atoms with E-state index >= 15 is 0 Å². The molecule has 1 N–H and O–H groups in total. The molecule has 3 nitrogen and oxygen atoms in total. The first-order valence-electron chi connectivity index (χ1n) is 8.58. The van der Waals surface area contributed by atoms with Gasteiger partial charge in [0.15, 0.2) is 0 Å². The highest BCUT2D eigenvalue weighted by Gasteiger charge is 2.11. The number of nitrogens with one attached hydrogen (secondary N) is 1. The summed E-state index contributed by atoms with van der Waals surface area (Å²) in [7, 11) is -3.41. The Bertz CT molecular complexity index is 594. The first kappa shape index (κ1) is 19.7.